The zero-order chi connectivity index (χ0) is 47.4. The Bertz CT molecular complexity index is 3430. The molecule has 11 rings (SSSR count). The van der Waals surface area contributed by atoms with Gasteiger partial charge < -0.3 is 14.2 Å². The van der Waals surface area contributed by atoms with Gasteiger partial charge in [0.25, 0.3) is 0 Å². The summed E-state index contributed by atoms with van der Waals surface area (Å²) in [6.45, 7) is 18.3. The number of hydrogen-bond donors (Lipinski definition) is 0. The molecule has 10 aromatic rings. The fourth-order valence-electron chi connectivity index (χ4n) is 10.3. The van der Waals surface area contributed by atoms with E-state index in [0.29, 0.717) is 23.3 Å². The van der Waals surface area contributed by atoms with Crippen molar-refractivity contribution < 1.29 is 25.8 Å². The maximum Gasteiger partial charge on any atom is 0.135 e. The van der Waals surface area contributed by atoms with Crippen molar-refractivity contribution in [3.8, 4) is 50.7 Å². The molecule has 8 aromatic carbocycles. The summed E-state index contributed by atoms with van der Waals surface area (Å²) in [4.78, 5) is 7.36. The zero-order valence-corrected chi connectivity index (χ0v) is 43.0. The summed E-state index contributed by atoms with van der Waals surface area (Å²) in [6.07, 6.45) is 1.92. The van der Waals surface area contributed by atoms with Crippen molar-refractivity contribution in [1.29, 1.82) is 0 Å². The third kappa shape index (κ3) is 8.58. The zero-order valence-electron chi connectivity index (χ0n) is 40.8. The molecule has 0 aliphatic carbocycles. The van der Waals surface area contributed by atoms with E-state index in [2.05, 4.69) is 253 Å². The Balaban J connectivity index is 0.00000567. The van der Waals surface area contributed by atoms with E-state index in [9.17, 15) is 0 Å². The van der Waals surface area contributed by atoms with Crippen LogP contribution in [-0.2, 0) is 26.5 Å². The predicted molar refractivity (Wildman–Crippen MR) is 287 cm³/mol. The van der Waals surface area contributed by atoms with E-state index in [4.69, 9.17) is 9.72 Å². The summed E-state index contributed by atoms with van der Waals surface area (Å²) in [5.41, 5.74) is 17.4. The second kappa shape index (κ2) is 19.1. The van der Waals surface area contributed by atoms with Crippen LogP contribution in [0.2, 0.25) is 0 Å². The molecule has 350 valence electrons. The molecule has 1 atom stereocenters. The van der Waals surface area contributed by atoms with Crippen molar-refractivity contribution in [3.63, 3.8) is 0 Å². The average Bonchev–Trinajstić information content (AvgIpc) is 3.92. The average molecular weight is 1090 g/mol. The van der Waals surface area contributed by atoms with Crippen molar-refractivity contribution in [2.45, 2.75) is 71.6 Å². The summed E-state index contributed by atoms with van der Waals surface area (Å²) in [7, 11) is 0. The van der Waals surface area contributed by atoms with E-state index in [0.717, 1.165) is 50.1 Å². The van der Waals surface area contributed by atoms with Crippen LogP contribution < -0.4 is 9.64 Å². The largest absolute Gasteiger partial charge is 0.509 e. The van der Waals surface area contributed by atoms with Crippen LogP contribution in [0.4, 0.5) is 11.4 Å². The van der Waals surface area contributed by atoms with Gasteiger partial charge in [-0.25, -0.2) is 11.5 Å². The minimum absolute atomic E-state index is 0. The van der Waals surface area contributed by atoms with Crippen molar-refractivity contribution in [2.75, 3.05) is 4.90 Å². The number of rotatable bonds is 10. The Morgan fingerprint density at radius 3 is 1.89 bits per heavy atom. The maximum atomic E-state index is 7.10. The molecule has 0 spiro atoms. The van der Waals surface area contributed by atoms with Crippen molar-refractivity contribution in [1.82, 2.24) is 9.55 Å². The molecule has 3 heterocycles. The molecule has 0 bridgehead atoms. The van der Waals surface area contributed by atoms with E-state index in [1.165, 1.54) is 50.1 Å². The Labute approximate surface area is 427 Å². The van der Waals surface area contributed by atoms with Crippen LogP contribution in [0, 0.1) is 18.7 Å². The quantitative estimate of drug-likeness (QED) is 0.128. The maximum absolute atomic E-state index is 7.10. The first-order valence-electron chi connectivity index (χ1n) is 24.3. The van der Waals surface area contributed by atoms with Gasteiger partial charge in [0.15, 0.2) is 0 Å². The standard InChI is InChI=1S/C65H56N3O.Pt/c1-42(2)51-26-18-27-52(43(3)4)63(51)47-36-46(37-50(38-47)69-49-32-33-57-55-24-15-17-31-60(55)68(61(57)40-49)62-39-48(34-35-66-62)65(5,6)7)58-41-67(59-30-16-14-25-56(58)59)64-53(44-20-10-8-11-21-44)28-19-29-54(64)45-22-12-9-13-23-45;/h8-36,38-39,41-43,58H,1-7H3;/q-3;. The van der Waals surface area contributed by atoms with Gasteiger partial charge in [-0.3, -0.25) is 0 Å². The fraction of sp³-hybridized carbons (Fsp3) is 0.169. The number of ether oxygens (including phenoxy) is 1. The second-order valence-electron chi connectivity index (χ2n) is 20.0. The normalized spacial score (nSPS) is 13.6. The summed E-state index contributed by atoms with van der Waals surface area (Å²) in [5.74, 6) is 2.58. The number of hydrogen-bond acceptors (Lipinski definition) is 3. The van der Waals surface area contributed by atoms with Gasteiger partial charge in [-0.2, -0.15) is 17.7 Å². The van der Waals surface area contributed by atoms with Crippen LogP contribution >= 0.6 is 0 Å². The topological polar surface area (TPSA) is 30.3 Å². The van der Waals surface area contributed by atoms with Gasteiger partial charge in [-0.1, -0.05) is 187 Å². The monoisotopic (exact) mass is 1090 g/mol. The molecule has 0 radical (unpaired) electrons. The molecule has 1 aliphatic heterocycles. The molecule has 0 amide bonds. The van der Waals surface area contributed by atoms with Gasteiger partial charge >= 0.3 is 0 Å². The van der Waals surface area contributed by atoms with Crippen molar-refractivity contribution >= 4 is 33.2 Å². The van der Waals surface area contributed by atoms with Crippen LogP contribution in [0.25, 0.3) is 61.0 Å². The first-order chi connectivity index (χ1) is 33.5. The van der Waals surface area contributed by atoms with Gasteiger partial charge in [0.05, 0.1) is 0 Å². The van der Waals surface area contributed by atoms with E-state index in [1.807, 2.05) is 12.3 Å². The number of para-hydroxylation sites is 3. The molecule has 1 unspecified atom stereocenters. The molecule has 70 heavy (non-hydrogen) atoms. The molecule has 2 aromatic heterocycles. The van der Waals surface area contributed by atoms with E-state index in [-0.39, 0.29) is 32.4 Å². The molecule has 0 saturated carbocycles. The van der Waals surface area contributed by atoms with E-state index >= 15 is 0 Å². The molecule has 0 saturated heterocycles. The minimum atomic E-state index is -0.139. The number of pyridine rings is 1. The number of anilines is 2. The first kappa shape index (κ1) is 46.7. The molecule has 1 aliphatic rings. The minimum Gasteiger partial charge on any atom is -0.509 e. The first-order valence-corrected chi connectivity index (χ1v) is 24.3. The van der Waals surface area contributed by atoms with Gasteiger partial charge in [-0.15, -0.1) is 41.1 Å². The molecular formula is C65H56N3OPt-3. The van der Waals surface area contributed by atoms with Gasteiger partial charge in [0.2, 0.25) is 0 Å². The number of aromatic nitrogens is 2. The SMILES string of the molecule is CC(C)c1cccc(C(C)C)c1-c1cc(Oc2[c-]c3c(cc2)c2ccccc2n3-c2cc(C(C)(C)C)ccn2)[c-]c(C2[CH-]N(c3c(-c4ccccc4)cccc3-c3ccccc3)c3ccccc32)c1.[Pt]. The van der Waals surface area contributed by atoms with Crippen LogP contribution in [-0.4, -0.2) is 9.55 Å². The van der Waals surface area contributed by atoms with Gasteiger partial charge in [0, 0.05) is 66.8 Å². The predicted octanol–water partition coefficient (Wildman–Crippen LogP) is 17.6. The summed E-state index contributed by atoms with van der Waals surface area (Å²) in [5, 5.41) is 2.24. The Kier molecular flexibility index (Phi) is 12.7. The number of fused-ring (bicyclic) bond motifs is 4. The van der Waals surface area contributed by atoms with Crippen molar-refractivity contribution in [2.24, 2.45) is 0 Å². The van der Waals surface area contributed by atoms with Crippen molar-refractivity contribution in [3.05, 3.63) is 235 Å². The van der Waals surface area contributed by atoms with E-state index < -0.39 is 0 Å². The van der Waals surface area contributed by atoms with Crippen LogP contribution in [0.5, 0.6) is 11.5 Å². The Morgan fingerprint density at radius 1 is 0.586 bits per heavy atom. The molecular weight excluding hydrogens is 1030 g/mol. The number of nitrogens with zero attached hydrogens (tertiary/aromatic N) is 3. The fourth-order valence-corrected chi connectivity index (χ4v) is 10.3. The summed E-state index contributed by atoms with van der Waals surface area (Å²) < 4.78 is 9.32. The Hall–Kier alpha value is -7.00. The van der Waals surface area contributed by atoms with Crippen LogP contribution in [0.15, 0.2) is 188 Å². The summed E-state index contributed by atoms with van der Waals surface area (Å²) >= 11 is 0. The third-order valence-corrected chi connectivity index (χ3v) is 13.8. The molecule has 4 nitrogen and oxygen atoms in total. The molecule has 0 fully saturated rings. The summed E-state index contributed by atoms with van der Waals surface area (Å²) in [6, 6.07) is 73.0. The third-order valence-electron chi connectivity index (χ3n) is 13.8. The molecule has 5 heteroatoms. The molecule has 0 N–H and O–H groups in total. The van der Waals surface area contributed by atoms with Crippen LogP contribution in [0.3, 0.4) is 0 Å². The number of benzene rings is 8. The van der Waals surface area contributed by atoms with Crippen LogP contribution in [0.1, 0.15) is 94.0 Å². The smallest absolute Gasteiger partial charge is 0.135 e. The Morgan fingerprint density at radius 2 is 1.21 bits per heavy atom. The van der Waals surface area contributed by atoms with Gasteiger partial charge in [0.1, 0.15) is 5.82 Å². The van der Waals surface area contributed by atoms with E-state index in [1.54, 1.807) is 0 Å². The van der Waals surface area contributed by atoms with Gasteiger partial charge in [-0.05, 0) is 85.8 Å². The second-order valence-corrected chi connectivity index (χ2v) is 20.0.